The first kappa shape index (κ1) is 13.5. The van der Waals surface area contributed by atoms with Gasteiger partial charge < -0.3 is 4.74 Å². The number of aromatic nitrogens is 2. The maximum Gasteiger partial charge on any atom is 0.221 e. The number of nitrogens with zero attached hydrogens (tertiary/aromatic N) is 2. The number of hydrogen-bond acceptors (Lipinski definition) is 2. The third-order valence-electron chi connectivity index (χ3n) is 2.53. The van der Waals surface area contributed by atoms with E-state index in [9.17, 15) is 4.39 Å². The Morgan fingerprint density at radius 1 is 1.44 bits per heavy atom. The number of alkyl halides is 1. The fourth-order valence-electron chi connectivity index (χ4n) is 1.61. The van der Waals surface area contributed by atoms with Crippen LogP contribution in [0.3, 0.4) is 0 Å². The minimum Gasteiger partial charge on any atom is -0.439 e. The van der Waals surface area contributed by atoms with Crippen LogP contribution in [0.5, 0.6) is 11.6 Å². The van der Waals surface area contributed by atoms with Crippen LogP contribution in [0.2, 0.25) is 0 Å². The van der Waals surface area contributed by atoms with Crippen molar-refractivity contribution in [1.82, 2.24) is 9.78 Å². The van der Waals surface area contributed by atoms with Gasteiger partial charge in [-0.2, -0.15) is 5.10 Å². The molecular formula is C12H11Br2FN2O. The van der Waals surface area contributed by atoms with E-state index in [0.717, 1.165) is 11.3 Å². The molecule has 0 radical (unpaired) electrons. The molecule has 0 aliphatic rings. The Morgan fingerprint density at radius 2 is 2.17 bits per heavy atom. The highest BCUT2D eigenvalue weighted by Crippen LogP contribution is 2.30. The number of ether oxygens (including phenoxy) is 1. The molecule has 6 heteroatoms. The predicted octanol–water partition coefficient (Wildman–Crippen LogP) is 4.32. The summed E-state index contributed by atoms with van der Waals surface area (Å²) in [5.41, 5.74) is 1.89. The van der Waals surface area contributed by atoms with Crippen molar-refractivity contribution < 1.29 is 9.13 Å². The second kappa shape index (κ2) is 5.40. The molecule has 0 aliphatic heterocycles. The number of hydrogen-bond donors (Lipinski definition) is 0. The van der Waals surface area contributed by atoms with Gasteiger partial charge in [0.15, 0.2) is 0 Å². The van der Waals surface area contributed by atoms with E-state index in [0.29, 0.717) is 21.4 Å². The lowest BCUT2D eigenvalue weighted by molar-refractivity contribution is 0.426. The normalized spacial score (nSPS) is 10.7. The second-order valence-electron chi connectivity index (χ2n) is 3.80. The lowest BCUT2D eigenvalue weighted by Crippen LogP contribution is -1.96. The highest BCUT2D eigenvalue weighted by atomic mass is 79.9. The van der Waals surface area contributed by atoms with Crippen LogP contribution in [0, 0.1) is 12.7 Å². The van der Waals surface area contributed by atoms with E-state index in [1.807, 2.05) is 14.0 Å². The van der Waals surface area contributed by atoms with Crippen LogP contribution in [0.4, 0.5) is 4.39 Å². The van der Waals surface area contributed by atoms with E-state index in [1.165, 1.54) is 6.07 Å². The van der Waals surface area contributed by atoms with Crippen molar-refractivity contribution in [2.75, 3.05) is 0 Å². The first-order chi connectivity index (χ1) is 8.52. The molecule has 2 rings (SSSR count). The first-order valence-corrected chi connectivity index (χ1v) is 7.15. The minimum absolute atomic E-state index is 0.316. The van der Waals surface area contributed by atoms with Crippen molar-refractivity contribution in [3.63, 3.8) is 0 Å². The molecule has 18 heavy (non-hydrogen) atoms. The standard InChI is InChI=1S/C12H11Br2FN2O/c1-7-9(6-13)12(17(2)16-7)18-8-3-4-11(15)10(14)5-8/h3-5H,6H2,1-2H3. The van der Waals surface area contributed by atoms with Gasteiger partial charge in [0.25, 0.3) is 0 Å². The van der Waals surface area contributed by atoms with Crippen LogP contribution in [0.25, 0.3) is 0 Å². The third-order valence-corrected chi connectivity index (χ3v) is 3.70. The predicted molar refractivity (Wildman–Crippen MR) is 74.8 cm³/mol. The van der Waals surface area contributed by atoms with E-state index in [-0.39, 0.29) is 5.82 Å². The van der Waals surface area contributed by atoms with E-state index in [2.05, 4.69) is 37.0 Å². The maximum absolute atomic E-state index is 13.1. The van der Waals surface area contributed by atoms with E-state index < -0.39 is 0 Å². The number of aryl methyl sites for hydroxylation is 2. The largest absolute Gasteiger partial charge is 0.439 e. The van der Waals surface area contributed by atoms with E-state index in [4.69, 9.17) is 4.74 Å². The smallest absolute Gasteiger partial charge is 0.221 e. The minimum atomic E-state index is -0.316. The van der Waals surface area contributed by atoms with Crippen LogP contribution in [-0.2, 0) is 12.4 Å². The van der Waals surface area contributed by atoms with Crippen LogP contribution >= 0.6 is 31.9 Å². The Labute approximate surface area is 121 Å². The van der Waals surface area contributed by atoms with Gasteiger partial charge in [-0.1, -0.05) is 15.9 Å². The molecule has 0 aliphatic carbocycles. The summed E-state index contributed by atoms with van der Waals surface area (Å²) in [6.45, 7) is 1.92. The summed E-state index contributed by atoms with van der Waals surface area (Å²) >= 11 is 6.54. The lowest BCUT2D eigenvalue weighted by atomic mass is 10.3. The quantitative estimate of drug-likeness (QED) is 0.745. The molecule has 0 bridgehead atoms. The summed E-state index contributed by atoms with van der Waals surface area (Å²) < 4.78 is 20.9. The van der Waals surface area contributed by atoms with Crippen LogP contribution in [0.15, 0.2) is 22.7 Å². The second-order valence-corrected chi connectivity index (χ2v) is 5.22. The monoisotopic (exact) mass is 376 g/mol. The van der Waals surface area contributed by atoms with Crippen molar-refractivity contribution >= 4 is 31.9 Å². The van der Waals surface area contributed by atoms with Crippen LogP contribution < -0.4 is 4.74 Å². The highest BCUT2D eigenvalue weighted by Gasteiger charge is 2.14. The average molecular weight is 378 g/mol. The lowest BCUT2D eigenvalue weighted by Gasteiger charge is -2.08. The molecule has 0 N–H and O–H groups in total. The molecule has 3 nitrogen and oxygen atoms in total. The van der Waals surface area contributed by atoms with Gasteiger partial charge >= 0.3 is 0 Å². The summed E-state index contributed by atoms with van der Waals surface area (Å²) in [6, 6.07) is 4.53. The molecule has 1 aromatic carbocycles. The van der Waals surface area contributed by atoms with Gasteiger partial charge in [0.05, 0.1) is 10.2 Å². The van der Waals surface area contributed by atoms with Crippen molar-refractivity contribution in [3.05, 3.63) is 39.7 Å². The Kier molecular flexibility index (Phi) is 4.07. The Bertz CT molecular complexity index is 584. The molecule has 1 aromatic heterocycles. The molecule has 1 heterocycles. The molecule has 0 unspecified atom stereocenters. The SMILES string of the molecule is Cc1nn(C)c(Oc2ccc(F)c(Br)c2)c1CBr. The summed E-state index contributed by atoms with van der Waals surface area (Å²) in [7, 11) is 1.81. The zero-order valence-electron chi connectivity index (χ0n) is 9.88. The van der Waals surface area contributed by atoms with Gasteiger partial charge in [0.2, 0.25) is 5.88 Å². The summed E-state index contributed by atoms with van der Waals surface area (Å²) in [6.07, 6.45) is 0. The molecule has 2 aromatic rings. The summed E-state index contributed by atoms with van der Waals surface area (Å²) in [5, 5.41) is 4.95. The fourth-order valence-corrected chi connectivity index (χ4v) is 2.62. The molecule has 96 valence electrons. The Balaban J connectivity index is 2.36. The van der Waals surface area contributed by atoms with Gasteiger partial charge in [-0.05, 0) is 41.1 Å². The molecule has 0 saturated carbocycles. The van der Waals surface area contributed by atoms with Gasteiger partial charge in [-0.15, -0.1) is 0 Å². The van der Waals surface area contributed by atoms with E-state index >= 15 is 0 Å². The molecule has 0 saturated heterocycles. The topological polar surface area (TPSA) is 27.1 Å². The van der Waals surface area contributed by atoms with Gasteiger partial charge in [-0.25, -0.2) is 9.07 Å². The zero-order valence-corrected chi connectivity index (χ0v) is 13.0. The Morgan fingerprint density at radius 3 is 2.78 bits per heavy atom. The summed E-state index contributed by atoms with van der Waals surface area (Å²) in [5.74, 6) is 0.903. The maximum atomic E-state index is 13.1. The van der Waals surface area contributed by atoms with Crippen LogP contribution in [-0.4, -0.2) is 9.78 Å². The molecule has 0 fully saturated rings. The number of benzene rings is 1. The van der Waals surface area contributed by atoms with Crippen molar-refractivity contribution in [2.24, 2.45) is 7.05 Å². The molecule has 0 atom stereocenters. The first-order valence-electron chi connectivity index (χ1n) is 5.24. The van der Waals surface area contributed by atoms with Crippen molar-refractivity contribution in [1.29, 1.82) is 0 Å². The number of rotatable bonds is 3. The highest BCUT2D eigenvalue weighted by molar-refractivity contribution is 9.10. The average Bonchev–Trinajstić information content (AvgIpc) is 2.58. The van der Waals surface area contributed by atoms with Crippen molar-refractivity contribution in [2.45, 2.75) is 12.3 Å². The Hall–Kier alpha value is -0.880. The van der Waals surface area contributed by atoms with Crippen LogP contribution in [0.1, 0.15) is 11.3 Å². The molecular weight excluding hydrogens is 367 g/mol. The van der Waals surface area contributed by atoms with Crippen molar-refractivity contribution in [3.8, 4) is 11.6 Å². The van der Waals surface area contributed by atoms with Gasteiger partial charge in [0.1, 0.15) is 11.6 Å². The van der Waals surface area contributed by atoms with E-state index in [1.54, 1.807) is 16.8 Å². The zero-order chi connectivity index (χ0) is 13.3. The molecule has 0 amide bonds. The van der Waals surface area contributed by atoms with Gasteiger partial charge in [-0.3, -0.25) is 0 Å². The number of halogens is 3. The van der Waals surface area contributed by atoms with Gasteiger partial charge in [0, 0.05) is 17.9 Å². The molecule has 0 spiro atoms. The summed E-state index contributed by atoms with van der Waals surface area (Å²) in [4.78, 5) is 0. The fraction of sp³-hybridized carbons (Fsp3) is 0.250. The third kappa shape index (κ3) is 2.59.